The summed E-state index contributed by atoms with van der Waals surface area (Å²) in [7, 11) is 0. The first kappa shape index (κ1) is 27.4. The molecule has 0 fully saturated rings. The van der Waals surface area contributed by atoms with Crippen molar-refractivity contribution >= 4 is 43.2 Å². The Kier molecular flexibility index (Phi) is 7.08. The molecule has 0 saturated heterocycles. The van der Waals surface area contributed by atoms with E-state index in [1.807, 2.05) is 0 Å². The highest BCUT2D eigenvalue weighted by Gasteiger charge is 2.25. The summed E-state index contributed by atoms with van der Waals surface area (Å²) in [5, 5.41) is 15.7. The molecule has 0 aliphatic carbocycles. The van der Waals surface area contributed by atoms with Gasteiger partial charge in [-0.05, 0) is 53.6 Å². The zero-order chi connectivity index (χ0) is 29.5. The second-order valence-corrected chi connectivity index (χ2v) is 10.6. The summed E-state index contributed by atoms with van der Waals surface area (Å²) in [4.78, 5) is 44.0. The predicted molar refractivity (Wildman–Crippen MR) is 157 cm³/mol. The van der Waals surface area contributed by atoms with Crippen LogP contribution in [0.1, 0.15) is 11.1 Å². The van der Waals surface area contributed by atoms with E-state index in [1.165, 1.54) is 28.9 Å². The maximum atomic E-state index is 14.8. The fourth-order valence-corrected chi connectivity index (χ4v) is 6.67. The number of rotatable bonds is 7. The Morgan fingerprint density at radius 1 is 0.929 bits per heavy atom. The van der Waals surface area contributed by atoms with Crippen LogP contribution in [0.5, 0.6) is 0 Å². The van der Waals surface area contributed by atoms with Crippen molar-refractivity contribution in [1.82, 2.24) is 23.9 Å². The average molecular weight is 651 g/mol. The Bertz CT molecular complexity index is 2090. The Morgan fingerprint density at radius 2 is 1.62 bits per heavy atom. The molecule has 6 aromatic rings. The highest BCUT2D eigenvalue weighted by molar-refractivity contribution is 9.08. The SMILES string of the molecule is O=c1c2c(CBr)c(-c3ccc([N+](=O)[O-])cc3)sc2n(Cc2c(F)cccc2F)c(=O)n1-c1cccc(-n2cccn2)n1. The second-order valence-electron chi connectivity index (χ2n) is 9.04. The predicted octanol–water partition coefficient (Wildman–Crippen LogP) is 5.59. The molecule has 6 rings (SSSR count). The van der Waals surface area contributed by atoms with Crippen LogP contribution in [0.3, 0.4) is 0 Å². The van der Waals surface area contributed by atoms with Gasteiger partial charge in [-0.3, -0.25) is 19.5 Å². The Morgan fingerprint density at radius 3 is 2.26 bits per heavy atom. The van der Waals surface area contributed by atoms with Gasteiger partial charge in [0, 0.05) is 40.3 Å². The first-order valence-corrected chi connectivity index (χ1v) is 14.2. The van der Waals surface area contributed by atoms with E-state index in [0.29, 0.717) is 21.8 Å². The van der Waals surface area contributed by atoms with Gasteiger partial charge in [0.1, 0.15) is 22.3 Å². The van der Waals surface area contributed by atoms with Gasteiger partial charge in [0.2, 0.25) is 0 Å². The monoisotopic (exact) mass is 650 g/mol. The number of fused-ring (bicyclic) bond motifs is 1. The molecule has 42 heavy (non-hydrogen) atoms. The van der Waals surface area contributed by atoms with Gasteiger partial charge in [0.05, 0.1) is 16.9 Å². The third-order valence-corrected chi connectivity index (χ3v) is 8.48. The van der Waals surface area contributed by atoms with E-state index < -0.39 is 34.4 Å². The third-order valence-electron chi connectivity index (χ3n) is 6.61. The van der Waals surface area contributed by atoms with E-state index in [1.54, 1.807) is 42.7 Å². The van der Waals surface area contributed by atoms with Crippen molar-refractivity contribution in [1.29, 1.82) is 0 Å². The molecular weight excluding hydrogens is 634 g/mol. The van der Waals surface area contributed by atoms with Gasteiger partial charge in [0.25, 0.3) is 11.2 Å². The number of hydrogen-bond donors (Lipinski definition) is 0. The van der Waals surface area contributed by atoms with E-state index in [0.717, 1.165) is 32.6 Å². The van der Waals surface area contributed by atoms with Crippen molar-refractivity contribution in [2.24, 2.45) is 0 Å². The van der Waals surface area contributed by atoms with E-state index in [-0.39, 0.29) is 32.6 Å². The van der Waals surface area contributed by atoms with E-state index >= 15 is 0 Å². The lowest BCUT2D eigenvalue weighted by molar-refractivity contribution is -0.384. The molecule has 0 saturated carbocycles. The molecule has 0 bridgehead atoms. The number of aromatic nitrogens is 5. The van der Waals surface area contributed by atoms with Gasteiger partial charge in [0.15, 0.2) is 5.82 Å². The molecule has 2 aromatic carbocycles. The lowest BCUT2D eigenvalue weighted by Crippen LogP contribution is -2.39. The van der Waals surface area contributed by atoms with Crippen LogP contribution in [0.4, 0.5) is 14.5 Å². The van der Waals surface area contributed by atoms with Crippen LogP contribution in [0, 0.1) is 21.7 Å². The number of nitrogens with zero attached hydrogens (tertiary/aromatic N) is 6. The maximum Gasteiger partial charge on any atom is 0.338 e. The first-order chi connectivity index (χ1) is 20.3. The molecule has 0 N–H and O–H groups in total. The zero-order valence-corrected chi connectivity index (χ0v) is 23.7. The van der Waals surface area contributed by atoms with Crippen molar-refractivity contribution in [2.45, 2.75) is 11.9 Å². The number of non-ortho nitro benzene ring substituents is 1. The maximum absolute atomic E-state index is 14.8. The number of nitro benzene ring substituents is 1. The van der Waals surface area contributed by atoms with Gasteiger partial charge in [-0.1, -0.05) is 28.1 Å². The van der Waals surface area contributed by atoms with Crippen LogP contribution in [0.15, 0.2) is 88.7 Å². The highest BCUT2D eigenvalue weighted by Crippen LogP contribution is 2.39. The zero-order valence-electron chi connectivity index (χ0n) is 21.3. The molecule has 0 spiro atoms. The molecule has 0 unspecified atom stereocenters. The molecule has 10 nitrogen and oxygen atoms in total. The summed E-state index contributed by atoms with van der Waals surface area (Å²) in [6, 6.07) is 15.6. The summed E-state index contributed by atoms with van der Waals surface area (Å²) < 4.78 is 33.1. The van der Waals surface area contributed by atoms with Gasteiger partial charge in [-0.2, -0.15) is 5.10 Å². The summed E-state index contributed by atoms with van der Waals surface area (Å²) in [5.41, 5.74) is -0.916. The van der Waals surface area contributed by atoms with Gasteiger partial charge >= 0.3 is 5.69 Å². The minimum Gasteiger partial charge on any atom is -0.279 e. The molecule has 4 heterocycles. The molecule has 14 heteroatoms. The van der Waals surface area contributed by atoms with Gasteiger partial charge in [-0.15, -0.1) is 11.3 Å². The van der Waals surface area contributed by atoms with Crippen LogP contribution >= 0.6 is 27.3 Å². The second kappa shape index (κ2) is 10.9. The molecule has 0 amide bonds. The highest BCUT2D eigenvalue weighted by atomic mass is 79.9. The molecule has 0 atom stereocenters. The number of hydrogen-bond acceptors (Lipinski definition) is 7. The topological polar surface area (TPSA) is 118 Å². The first-order valence-electron chi connectivity index (χ1n) is 12.3. The van der Waals surface area contributed by atoms with Crippen LogP contribution in [-0.2, 0) is 11.9 Å². The number of pyridine rings is 1. The number of thiophene rings is 1. The Balaban J connectivity index is 1.66. The molecule has 0 aliphatic heterocycles. The van der Waals surface area contributed by atoms with E-state index in [4.69, 9.17) is 0 Å². The van der Waals surface area contributed by atoms with Crippen molar-refractivity contribution in [2.75, 3.05) is 0 Å². The number of halogens is 3. The minimum atomic E-state index is -0.849. The van der Waals surface area contributed by atoms with Crippen molar-refractivity contribution in [3.05, 3.63) is 133 Å². The van der Waals surface area contributed by atoms with Gasteiger partial charge < -0.3 is 0 Å². The fraction of sp³-hybridized carbons (Fsp3) is 0.0714. The largest absolute Gasteiger partial charge is 0.338 e. The van der Waals surface area contributed by atoms with E-state index in [9.17, 15) is 28.5 Å². The summed E-state index contributed by atoms with van der Waals surface area (Å²) in [6.07, 6.45) is 3.20. The minimum absolute atomic E-state index is 0.00809. The average Bonchev–Trinajstić information content (AvgIpc) is 3.66. The van der Waals surface area contributed by atoms with E-state index in [2.05, 4.69) is 26.0 Å². The normalized spacial score (nSPS) is 11.3. The number of nitro groups is 1. The van der Waals surface area contributed by atoms with Crippen LogP contribution in [0.25, 0.3) is 32.3 Å². The van der Waals surface area contributed by atoms with Crippen molar-refractivity contribution in [3.63, 3.8) is 0 Å². The summed E-state index contributed by atoms with van der Waals surface area (Å²) in [5.74, 6) is -1.36. The molecule has 4 aromatic heterocycles. The Hall–Kier alpha value is -4.82. The Labute approximate surface area is 247 Å². The third kappa shape index (κ3) is 4.63. The lowest BCUT2D eigenvalue weighted by Gasteiger charge is -2.13. The van der Waals surface area contributed by atoms with Crippen LogP contribution in [-0.4, -0.2) is 28.8 Å². The van der Waals surface area contributed by atoms with Crippen molar-refractivity contribution in [3.8, 4) is 22.1 Å². The number of benzene rings is 2. The molecular formula is C28H17BrF2N6O4S. The fourth-order valence-electron chi connectivity index (χ4n) is 4.62. The quantitative estimate of drug-likeness (QED) is 0.126. The number of alkyl halides is 1. The summed E-state index contributed by atoms with van der Waals surface area (Å²) in [6.45, 7) is -0.505. The lowest BCUT2D eigenvalue weighted by atomic mass is 10.1. The smallest absolute Gasteiger partial charge is 0.279 e. The van der Waals surface area contributed by atoms with Crippen molar-refractivity contribution < 1.29 is 13.7 Å². The van der Waals surface area contributed by atoms with Gasteiger partial charge in [-0.25, -0.2) is 27.8 Å². The standard InChI is InChI=1S/C28H17BrF2N6O4S/c29-14-18-24-26(38)36(23-7-2-6-22(33-23)35-13-3-12-32-35)28(39)34(15-19-20(30)4-1-5-21(19)31)27(24)42-25(18)16-8-10-17(11-9-16)37(40)41/h1-13H,14-15H2. The van der Waals surface area contributed by atoms with Crippen LogP contribution in [0.2, 0.25) is 0 Å². The molecule has 210 valence electrons. The van der Waals surface area contributed by atoms with Crippen LogP contribution < -0.4 is 11.2 Å². The summed E-state index contributed by atoms with van der Waals surface area (Å²) >= 11 is 4.52. The molecule has 0 aliphatic rings. The molecule has 0 radical (unpaired) electrons.